The zero-order valence-corrected chi connectivity index (χ0v) is 14.7. The molecule has 9 atom stereocenters. The van der Waals surface area contributed by atoms with E-state index in [2.05, 4.69) is 0 Å². The third-order valence-corrected chi connectivity index (χ3v) is 4.57. The molecule has 9 heteroatoms. The van der Waals surface area contributed by atoms with Crippen molar-refractivity contribution in [3.8, 4) is 0 Å². The van der Waals surface area contributed by atoms with E-state index in [0.717, 1.165) is 0 Å². The van der Waals surface area contributed by atoms with Crippen molar-refractivity contribution in [3.63, 3.8) is 0 Å². The molecule has 0 radical (unpaired) electrons. The highest BCUT2D eigenvalue weighted by molar-refractivity contribution is 4.92. The van der Waals surface area contributed by atoms with Gasteiger partial charge in [0.1, 0.15) is 36.6 Å². The maximum atomic E-state index is 10.2. The minimum absolute atomic E-state index is 0.151. The second-order valence-electron chi connectivity index (χ2n) is 5.90. The lowest BCUT2D eigenvalue weighted by atomic mass is 9.98. The lowest BCUT2D eigenvalue weighted by Gasteiger charge is -2.46. The Morgan fingerprint density at radius 2 is 1.46 bits per heavy atom. The molecule has 24 heavy (non-hydrogen) atoms. The van der Waals surface area contributed by atoms with Gasteiger partial charge in [-0.1, -0.05) is 0 Å². The van der Waals surface area contributed by atoms with Crippen LogP contribution in [0.3, 0.4) is 0 Å². The van der Waals surface area contributed by atoms with E-state index < -0.39 is 55.3 Å². The van der Waals surface area contributed by atoms with Gasteiger partial charge in [-0.25, -0.2) is 0 Å². The molecular weight excluding hydrogens is 324 g/mol. The average Bonchev–Trinajstić information content (AvgIpc) is 2.58. The summed E-state index contributed by atoms with van der Waals surface area (Å²) in [7, 11) is 5.95. The number of aliphatic hydroxyl groups is 2. The smallest absolute Gasteiger partial charge is 0.187 e. The topological polar surface area (TPSA) is 105 Å². The Balaban J connectivity index is 2.18. The van der Waals surface area contributed by atoms with Crippen LogP contribution in [-0.4, -0.2) is 101 Å². The van der Waals surface area contributed by atoms with Gasteiger partial charge in [0.25, 0.3) is 0 Å². The van der Waals surface area contributed by atoms with E-state index in [9.17, 15) is 10.2 Å². The van der Waals surface area contributed by atoms with Crippen molar-refractivity contribution in [1.82, 2.24) is 0 Å². The molecule has 0 saturated carbocycles. The number of hydrogen-bond donors (Lipinski definition) is 2. The highest BCUT2D eigenvalue weighted by Crippen LogP contribution is 2.30. The first-order valence-corrected chi connectivity index (χ1v) is 7.88. The van der Waals surface area contributed by atoms with Crippen LogP contribution < -0.4 is 0 Å². The van der Waals surface area contributed by atoms with Gasteiger partial charge in [-0.05, 0) is 6.92 Å². The fraction of sp³-hybridized carbons (Fsp3) is 1.00. The number of ether oxygens (including phenoxy) is 7. The fourth-order valence-corrected chi connectivity index (χ4v) is 3.14. The van der Waals surface area contributed by atoms with Crippen molar-refractivity contribution in [1.29, 1.82) is 0 Å². The van der Waals surface area contributed by atoms with Gasteiger partial charge in [-0.15, -0.1) is 0 Å². The molecule has 0 bridgehead atoms. The van der Waals surface area contributed by atoms with Crippen LogP contribution in [0.25, 0.3) is 0 Å². The average molecular weight is 352 g/mol. The summed E-state index contributed by atoms with van der Waals surface area (Å²) in [6.45, 7) is 1.87. The first-order chi connectivity index (χ1) is 11.5. The molecule has 2 N–H and O–H groups in total. The van der Waals surface area contributed by atoms with Crippen molar-refractivity contribution in [2.24, 2.45) is 0 Å². The number of methoxy groups -OCH3 is 4. The van der Waals surface area contributed by atoms with Gasteiger partial charge in [-0.3, -0.25) is 0 Å². The molecular formula is C15H28O9. The van der Waals surface area contributed by atoms with E-state index in [1.165, 1.54) is 28.4 Å². The molecule has 2 aliphatic heterocycles. The monoisotopic (exact) mass is 352 g/mol. The van der Waals surface area contributed by atoms with E-state index in [1.54, 1.807) is 6.92 Å². The summed E-state index contributed by atoms with van der Waals surface area (Å²) >= 11 is 0. The first kappa shape index (κ1) is 20.0. The number of hydrogen-bond acceptors (Lipinski definition) is 9. The maximum Gasteiger partial charge on any atom is 0.187 e. The molecule has 2 fully saturated rings. The number of rotatable bonds is 6. The Labute approximate surface area is 141 Å². The Morgan fingerprint density at radius 1 is 0.833 bits per heavy atom. The van der Waals surface area contributed by atoms with E-state index in [0.29, 0.717) is 0 Å². The molecule has 2 rings (SSSR count). The molecule has 142 valence electrons. The van der Waals surface area contributed by atoms with Crippen LogP contribution in [0.5, 0.6) is 0 Å². The molecule has 0 aromatic rings. The summed E-state index contributed by atoms with van der Waals surface area (Å²) in [5.74, 6) is 0. The normalized spacial score (nSPS) is 46.9. The molecule has 0 aromatic carbocycles. The summed E-state index contributed by atoms with van der Waals surface area (Å²) in [5.41, 5.74) is 0. The van der Waals surface area contributed by atoms with Crippen LogP contribution in [0.15, 0.2) is 0 Å². The molecule has 2 saturated heterocycles. The number of aliphatic hydroxyl groups excluding tert-OH is 2. The predicted octanol–water partition coefficient (Wildman–Crippen LogP) is -1.11. The fourth-order valence-electron chi connectivity index (χ4n) is 3.14. The Kier molecular flexibility index (Phi) is 7.35. The molecule has 0 unspecified atom stereocenters. The standard InChI is InChI=1S/C15H28O9/c1-7-9(16)11(19-3)13(21-5)15(23-7)24-10-8(18-2)6-22-14(17)12(10)20-4/h7-17H,6H2,1-5H3/t7-,8-,9+,10+,11+,12-,13-,14-,15-/m1/s1. The highest BCUT2D eigenvalue weighted by atomic mass is 16.7. The van der Waals surface area contributed by atoms with Gasteiger partial charge in [0.2, 0.25) is 0 Å². The molecule has 0 aliphatic carbocycles. The van der Waals surface area contributed by atoms with Crippen molar-refractivity contribution in [3.05, 3.63) is 0 Å². The summed E-state index contributed by atoms with van der Waals surface area (Å²) < 4.78 is 38.5. The van der Waals surface area contributed by atoms with Crippen LogP contribution in [0, 0.1) is 0 Å². The van der Waals surface area contributed by atoms with Crippen molar-refractivity contribution in [2.45, 2.75) is 62.2 Å². The lowest BCUT2D eigenvalue weighted by Crippen LogP contribution is -2.63. The third kappa shape index (κ3) is 3.90. The largest absolute Gasteiger partial charge is 0.388 e. The zero-order valence-electron chi connectivity index (χ0n) is 14.7. The molecule has 0 aromatic heterocycles. The summed E-state index contributed by atoms with van der Waals surface area (Å²) in [6, 6.07) is 0. The second kappa shape index (κ2) is 8.84. The van der Waals surface area contributed by atoms with E-state index in [1.807, 2.05) is 0 Å². The summed E-state index contributed by atoms with van der Waals surface area (Å²) in [5, 5.41) is 20.2. The van der Waals surface area contributed by atoms with Gasteiger partial charge in [0.15, 0.2) is 12.6 Å². The van der Waals surface area contributed by atoms with Gasteiger partial charge in [0.05, 0.1) is 12.7 Å². The third-order valence-electron chi connectivity index (χ3n) is 4.57. The Morgan fingerprint density at radius 3 is 2.00 bits per heavy atom. The summed E-state index contributed by atoms with van der Waals surface area (Å²) in [4.78, 5) is 0. The SMILES string of the molecule is CO[C@@H]1[C@@H](O[C@H]2O[C@H](C)[C@H](O)[C@H](OC)[C@H]2OC)[C@H](OC)CO[C@H]1O. The van der Waals surface area contributed by atoms with Crippen LogP contribution >= 0.6 is 0 Å². The second-order valence-corrected chi connectivity index (χ2v) is 5.90. The molecule has 2 aliphatic rings. The van der Waals surface area contributed by atoms with Crippen LogP contribution in [0.4, 0.5) is 0 Å². The zero-order chi connectivity index (χ0) is 17.9. The van der Waals surface area contributed by atoms with Crippen molar-refractivity contribution < 1.29 is 43.4 Å². The van der Waals surface area contributed by atoms with Crippen molar-refractivity contribution >= 4 is 0 Å². The van der Waals surface area contributed by atoms with E-state index in [4.69, 9.17) is 33.2 Å². The quantitative estimate of drug-likeness (QED) is 0.615. The van der Waals surface area contributed by atoms with E-state index in [-0.39, 0.29) is 6.61 Å². The maximum absolute atomic E-state index is 10.2. The predicted molar refractivity (Wildman–Crippen MR) is 80.4 cm³/mol. The van der Waals surface area contributed by atoms with Crippen LogP contribution in [-0.2, 0) is 33.2 Å². The first-order valence-electron chi connectivity index (χ1n) is 7.88. The van der Waals surface area contributed by atoms with E-state index >= 15 is 0 Å². The van der Waals surface area contributed by atoms with Gasteiger partial charge in [0, 0.05) is 28.4 Å². The Bertz CT molecular complexity index is 382. The molecule has 9 nitrogen and oxygen atoms in total. The minimum Gasteiger partial charge on any atom is -0.388 e. The minimum atomic E-state index is -1.14. The molecule has 0 spiro atoms. The van der Waals surface area contributed by atoms with Gasteiger partial charge in [-0.2, -0.15) is 0 Å². The van der Waals surface area contributed by atoms with Gasteiger partial charge >= 0.3 is 0 Å². The van der Waals surface area contributed by atoms with Crippen LogP contribution in [0.1, 0.15) is 6.92 Å². The molecule has 2 heterocycles. The van der Waals surface area contributed by atoms with Gasteiger partial charge < -0.3 is 43.4 Å². The highest BCUT2D eigenvalue weighted by Gasteiger charge is 2.49. The van der Waals surface area contributed by atoms with Crippen LogP contribution in [0.2, 0.25) is 0 Å². The van der Waals surface area contributed by atoms with Crippen molar-refractivity contribution in [2.75, 3.05) is 35.0 Å². The Hall–Kier alpha value is -0.360. The lowest BCUT2D eigenvalue weighted by molar-refractivity contribution is -0.348. The molecule has 0 amide bonds. The summed E-state index contributed by atoms with van der Waals surface area (Å²) in [6.07, 6.45) is -6.47.